The Morgan fingerprint density at radius 1 is 1.39 bits per heavy atom. The SMILES string of the molecule is COc1nc(Sc2nnc(N(C)C)s2)ncc1Br. The second-order valence-electron chi connectivity index (χ2n) is 3.36. The summed E-state index contributed by atoms with van der Waals surface area (Å²) in [4.78, 5) is 10.3. The summed E-state index contributed by atoms with van der Waals surface area (Å²) in [5, 5.41) is 9.55. The first-order valence-electron chi connectivity index (χ1n) is 4.85. The van der Waals surface area contributed by atoms with E-state index in [2.05, 4.69) is 36.1 Å². The largest absolute Gasteiger partial charge is 0.480 e. The lowest BCUT2D eigenvalue weighted by Crippen LogP contribution is -2.07. The van der Waals surface area contributed by atoms with Gasteiger partial charge in [0.15, 0.2) is 9.50 Å². The molecule has 0 unspecified atom stereocenters. The van der Waals surface area contributed by atoms with Crippen molar-refractivity contribution in [3.63, 3.8) is 0 Å². The molecule has 0 amide bonds. The predicted octanol–water partition coefficient (Wildman–Crippen LogP) is 2.32. The minimum absolute atomic E-state index is 0.504. The fourth-order valence-corrected chi connectivity index (χ4v) is 2.97. The molecule has 0 saturated carbocycles. The van der Waals surface area contributed by atoms with Crippen LogP contribution in [0.4, 0.5) is 5.13 Å². The summed E-state index contributed by atoms with van der Waals surface area (Å²) in [6.45, 7) is 0. The van der Waals surface area contributed by atoms with E-state index in [1.165, 1.54) is 23.1 Å². The fourth-order valence-electron chi connectivity index (χ4n) is 1.03. The van der Waals surface area contributed by atoms with Crippen LogP contribution in [0, 0.1) is 0 Å². The van der Waals surface area contributed by atoms with Gasteiger partial charge in [-0.1, -0.05) is 11.3 Å². The second-order valence-corrected chi connectivity index (χ2v) is 6.38. The zero-order valence-electron chi connectivity index (χ0n) is 9.92. The molecule has 2 aromatic heterocycles. The molecule has 0 N–H and O–H groups in total. The molecular formula is C9H10BrN5OS2. The highest BCUT2D eigenvalue weighted by atomic mass is 79.9. The average Bonchev–Trinajstić information content (AvgIpc) is 2.80. The Morgan fingerprint density at radius 3 is 2.78 bits per heavy atom. The summed E-state index contributed by atoms with van der Waals surface area (Å²) in [5.41, 5.74) is 0. The van der Waals surface area contributed by atoms with Crippen LogP contribution in [0.25, 0.3) is 0 Å². The molecule has 0 atom stereocenters. The molecule has 2 heterocycles. The minimum atomic E-state index is 0.504. The predicted molar refractivity (Wildman–Crippen MR) is 74.6 cm³/mol. The van der Waals surface area contributed by atoms with Crippen LogP contribution in [0.3, 0.4) is 0 Å². The van der Waals surface area contributed by atoms with Crippen LogP contribution < -0.4 is 9.64 Å². The lowest BCUT2D eigenvalue weighted by atomic mass is 10.6. The summed E-state index contributed by atoms with van der Waals surface area (Å²) in [7, 11) is 5.42. The Hall–Kier alpha value is -0.930. The quantitative estimate of drug-likeness (QED) is 0.786. The van der Waals surface area contributed by atoms with Gasteiger partial charge in [-0.15, -0.1) is 10.2 Å². The molecule has 6 nitrogen and oxygen atoms in total. The van der Waals surface area contributed by atoms with Gasteiger partial charge in [-0.3, -0.25) is 0 Å². The molecular weight excluding hydrogens is 338 g/mol. The maximum absolute atomic E-state index is 5.11. The fraction of sp³-hybridized carbons (Fsp3) is 0.333. The van der Waals surface area contributed by atoms with Gasteiger partial charge in [0.25, 0.3) is 0 Å². The lowest BCUT2D eigenvalue weighted by molar-refractivity contribution is 0.389. The highest BCUT2D eigenvalue weighted by Gasteiger charge is 2.11. The third-order valence-electron chi connectivity index (χ3n) is 1.84. The summed E-state index contributed by atoms with van der Waals surface area (Å²) >= 11 is 6.15. The number of nitrogens with zero attached hydrogens (tertiary/aromatic N) is 5. The number of methoxy groups -OCH3 is 1. The van der Waals surface area contributed by atoms with Crippen LogP contribution in [-0.2, 0) is 0 Å². The van der Waals surface area contributed by atoms with E-state index < -0.39 is 0 Å². The van der Waals surface area contributed by atoms with Crippen molar-refractivity contribution in [3.05, 3.63) is 10.7 Å². The number of rotatable bonds is 4. The van der Waals surface area contributed by atoms with Crippen LogP contribution >= 0.6 is 39.0 Å². The van der Waals surface area contributed by atoms with Gasteiger partial charge < -0.3 is 9.64 Å². The Labute approximate surface area is 121 Å². The van der Waals surface area contributed by atoms with Crippen molar-refractivity contribution in [1.29, 1.82) is 0 Å². The van der Waals surface area contributed by atoms with Crippen LogP contribution in [-0.4, -0.2) is 41.4 Å². The van der Waals surface area contributed by atoms with E-state index in [4.69, 9.17) is 4.74 Å². The maximum atomic E-state index is 5.11. The molecule has 0 aliphatic heterocycles. The van der Waals surface area contributed by atoms with E-state index in [1.54, 1.807) is 13.3 Å². The Morgan fingerprint density at radius 2 is 2.17 bits per heavy atom. The van der Waals surface area contributed by atoms with Crippen molar-refractivity contribution in [2.45, 2.75) is 9.50 Å². The van der Waals surface area contributed by atoms with Gasteiger partial charge in [0.1, 0.15) is 0 Å². The molecule has 2 rings (SSSR count). The normalized spacial score (nSPS) is 10.4. The van der Waals surface area contributed by atoms with Crippen molar-refractivity contribution in [2.24, 2.45) is 0 Å². The number of hydrogen-bond donors (Lipinski definition) is 0. The highest BCUT2D eigenvalue weighted by molar-refractivity contribution is 9.10. The van der Waals surface area contributed by atoms with Crippen LogP contribution in [0.1, 0.15) is 0 Å². The van der Waals surface area contributed by atoms with Crippen molar-refractivity contribution in [3.8, 4) is 5.88 Å². The molecule has 0 radical (unpaired) electrons. The summed E-state index contributed by atoms with van der Waals surface area (Å²) in [5.74, 6) is 0.504. The molecule has 0 bridgehead atoms. The zero-order chi connectivity index (χ0) is 13.1. The second kappa shape index (κ2) is 5.81. The molecule has 0 aliphatic carbocycles. The van der Waals surface area contributed by atoms with E-state index in [0.717, 1.165) is 13.9 Å². The molecule has 9 heteroatoms. The molecule has 0 aromatic carbocycles. The minimum Gasteiger partial charge on any atom is -0.480 e. The number of hydrogen-bond acceptors (Lipinski definition) is 8. The molecule has 0 spiro atoms. The van der Waals surface area contributed by atoms with Gasteiger partial charge in [0, 0.05) is 20.3 Å². The van der Waals surface area contributed by atoms with Crippen molar-refractivity contribution >= 4 is 44.2 Å². The average molecular weight is 348 g/mol. The number of aromatic nitrogens is 4. The topological polar surface area (TPSA) is 64.0 Å². The molecule has 0 saturated heterocycles. The summed E-state index contributed by atoms with van der Waals surface area (Å²) in [6, 6.07) is 0. The molecule has 18 heavy (non-hydrogen) atoms. The first kappa shape index (κ1) is 13.5. The van der Waals surface area contributed by atoms with Crippen LogP contribution in [0.15, 0.2) is 20.2 Å². The zero-order valence-corrected chi connectivity index (χ0v) is 13.1. The first-order chi connectivity index (χ1) is 8.60. The van der Waals surface area contributed by atoms with E-state index in [9.17, 15) is 0 Å². The third-order valence-corrected chi connectivity index (χ3v) is 4.41. The smallest absolute Gasteiger partial charge is 0.231 e. The van der Waals surface area contributed by atoms with Gasteiger partial charge in [-0.05, 0) is 27.7 Å². The lowest BCUT2D eigenvalue weighted by Gasteiger charge is -2.04. The van der Waals surface area contributed by atoms with Crippen molar-refractivity contribution in [1.82, 2.24) is 20.2 Å². The Balaban J connectivity index is 2.17. The van der Waals surface area contributed by atoms with E-state index in [1.807, 2.05) is 19.0 Å². The molecule has 96 valence electrons. The van der Waals surface area contributed by atoms with Gasteiger partial charge in [0.05, 0.1) is 11.6 Å². The highest BCUT2D eigenvalue weighted by Crippen LogP contribution is 2.32. The summed E-state index contributed by atoms with van der Waals surface area (Å²) in [6.07, 6.45) is 1.65. The van der Waals surface area contributed by atoms with Gasteiger partial charge in [-0.25, -0.2) is 4.98 Å². The maximum Gasteiger partial charge on any atom is 0.231 e. The standard InChI is InChI=1S/C9H10BrN5OS2/c1-15(2)8-13-14-9(18-8)17-7-11-4-5(10)6(12-7)16-3/h4H,1-3H3. The van der Waals surface area contributed by atoms with Crippen molar-refractivity contribution < 1.29 is 4.74 Å². The van der Waals surface area contributed by atoms with Gasteiger partial charge in [0.2, 0.25) is 11.0 Å². The number of anilines is 1. The first-order valence-corrected chi connectivity index (χ1v) is 7.28. The third kappa shape index (κ3) is 3.09. The van der Waals surface area contributed by atoms with Crippen LogP contribution in [0.5, 0.6) is 5.88 Å². The van der Waals surface area contributed by atoms with Gasteiger partial charge >= 0.3 is 0 Å². The van der Waals surface area contributed by atoms with E-state index >= 15 is 0 Å². The number of ether oxygens (including phenoxy) is 1. The summed E-state index contributed by atoms with van der Waals surface area (Å²) < 4.78 is 6.63. The Kier molecular flexibility index (Phi) is 4.36. The Bertz CT molecular complexity index is 548. The molecule has 2 aromatic rings. The molecule has 0 aliphatic rings. The molecule has 0 fully saturated rings. The number of halogens is 1. The van der Waals surface area contributed by atoms with E-state index in [0.29, 0.717) is 11.0 Å². The van der Waals surface area contributed by atoms with Gasteiger partial charge in [-0.2, -0.15) is 4.98 Å². The van der Waals surface area contributed by atoms with Crippen LogP contribution in [0.2, 0.25) is 0 Å². The van der Waals surface area contributed by atoms with Crippen molar-refractivity contribution in [2.75, 3.05) is 26.1 Å². The monoisotopic (exact) mass is 347 g/mol. The van der Waals surface area contributed by atoms with E-state index in [-0.39, 0.29) is 0 Å².